The van der Waals surface area contributed by atoms with Gasteiger partial charge in [0.1, 0.15) is 11.9 Å². The molecule has 0 atom stereocenters. The minimum absolute atomic E-state index is 0.0536. The third kappa shape index (κ3) is 6.43. The molecule has 0 amide bonds. The second kappa shape index (κ2) is 12.8. The zero-order valence-electron chi connectivity index (χ0n) is 24.7. The largest absolute Gasteiger partial charge is 0.478 e. The number of carbonyl (C=O) groups is 1. The predicted molar refractivity (Wildman–Crippen MR) is 172 cm³/mol. The molecule has 1 saturated heterocycles. The van der Waals surface area contributed by atoms with Crippen molar-refractivity contribution in [1.29, 1.82) is 5.26 Å². The lowest BCUT2D eigenvalue weighted by Crippen LogP contribution is -2.39. The van der Waals surface area contributed by atoms with Gasteiger partial charge in [-0.25, -0.2) is 9.78 Å². The van der Waals surface area contributed by atoms with Crippen LogP contribution < -0.4 is 5.56 Å². The average molecular weight is 677 g/mol. The van der Waals surface area contributed by atoms with Crippen LogP contribution in [-0.2, 0) is 6.54 Å². The minimum Gasteiger partial charge on any atom is -0.478 e. The van der Waals surface area contributed by atoms with E-state index in [0.717, 1.165) is 0 Å². The van der Waals surface area contributed by atoms with Gasteiger partial charge in [0.2, 0.25) is 0 Å². The standard InChI is InChI=1S/C33H24ClF3N6O3S/c1-18-41-26-15-40-28(20-7-11-42(12-8-20)17-33(35,36)37)24(14-38)27(26)31(44)43(18)10-2-3-19-4-5-21(34)13-23(19)22-6-9-39-29-25(32(45)46)16-47-30(22)29/h4-6,9,13,15-16,20H,7-8,10-12,17H2,1H3,(H,45,46). The Balaban J connectivity index is 1.34. The monoisotopic (exact) mass is 676 g/mol. The van der Waals surface area contributed by atoms with E-state index in [0.29, 0.717) is 56.3 Å². The zero-order chi connectivity index (χ0) is 33.5. The molecule has 1 aromatic carbocycles. The number of benzene rings is 1. The predicted octanol–water partition coefficient (Wildman–Crippen LogP) is 6.39. The van der Waals surface area contributed by atoms with E-state index in [1.807, 2.05) is 0 Å². The Hall–Kier alpha value is -4.82. The summed E-state index contributed by atoms with van der Waals surface area (Å²) >= 11 is 7.60. The number of carboxylic acid groups (broad SMARTS) is 1. The molecular formula is C33H24ClF3N6O3S. The summed E-state index contributed by atoms with van der Waals surface area (Å²) in [6, 6.07) is 9.03. The Kier molecular flexibility index (Phi) is 8.72. The molecular weight excluding hydrogens is 653 g/mol. The second-order valence-electron chi connectivity index (χ2n) is 11.1. The number of pyridine rings is 2. The van der Waals surface area contributed by atoms with E-state index in [9.17, 15) is 33.1 Å². The highest BCUT2D eigenvalue weighted by Gasteiger charge is 2.34. The molecule has 5 heterocycles. The molecule has 1 N–H and O–H groups in total. The van der Waals surface area contributed by atoms with Crippen LogP contribution in [0.2, 0.25) is 5.02 Å². The van der Waals surface area contributed by atoms with Gasteiger partial charge in [0.15, 0.2) is 0 Å². The van der Waals surface area contributed by atoms with Gasteiger partial charge in [-0.2, -0.15) is 18.4 Å². The fraction of sp³-hybridized carbons (Fsp3) is 0.273. The first-order valence-electron chi connectivity index (χ1n) is 14.4. The van der Waals surface area contributed by atoms with Crippen LogP contribution in [0.15, 0.2) is 46.8 Å². The van der Waals surface area contributed by atoms with Crippen LogP contribution in [0.25, 0.3) is 32.2 Å². The molecule has 1 aliphatic heterocycles. The van der Waals surface area contributed by atoms with Crippen molar-refractivity contribution < 1.29 is 23.1 Å². The molecule has 4 aromatic heterocycles. The van der Waals surface area contributed by atoms with E-state index < -0.39 is 24.2 Å². The van der Waals surface area contributed by atoms with Crippen molar-refractivity contribution in [1.82, 2.24) is 24.4 Å². The number of aromatic nitrogens is 4. The summed E-state index contributed by atoms with van der Waals surface area (Å²) in [4.78, 5) is 40.1. The summed E-state index contributed by atoms with van der Waals surface area (Å²) in [6.07, 6.45) is -0.578. The van der Waals surface area contributed by atoms with Gasteiger partial charge in [-0.05, 0) is 57.1 Å². The molecule has 47 heavy (non-hydrogen) atoms. The number of carboxylic acids is 1. The van der Waals surface area contributed by atoms with E-state index in [4.69, 9.17) is 11.6 Å². The molecule has 14 heteroatoms. The molecule has 0 aliphatic carbocycles. The Labute approximate surface area is 274 Å². The van der Waals surface area contributed by atoms with E-state index in [-0.39, 0.29) is 47.6 Å². The Morgan fingerprint density at radius 1 is 1.19 bits per heavy atom. The summed E-state index contributed by atoms with van der Waals surface area (Å²) in [5, 5.41) is 21.8. The van der Waals surface area contributed by atoms with Crippen LogP contribution in [0.5, 0.6) is 0 Å². The zero-order valence-corrected chi connectivity index (χ0v) is 26.3. The molecule has 0 unspecified atom stereocenters. The van der Waals surface area contributed by atoms with Crippen molar-refractivity contribution in [2.75, 3.05) is 19.6 Å². The number of alkyl halides is 3. The first-order valence-corrected chi connectivity index (χ1v) is 15.7. The van der Waals surface area contributed by atoms with Crippen molar-refractivity contribution in [3.05, 3.63) is 85.6 Å². The summed E-state index contributed by atoms with van der Waals surface area (Å²) < 4.78 is 40.7. The number of hydrogen-bond donors (Lipinski definition) is 1. The summed E-state index contributed by atoms with van der Waals surface area (Å²) in [7, 11) is 0. The Bertz CT molecular complexity index is 2220. The van der Waals surface area contributed by atoms with Gasteiger partial charge in [0.25, 0.3) is 5.56 Å². The first kappa shape index (κ1) is 32.1. The van der Waals surface area contributed by atoms with Gasteiger partial charge >= 0.3 is 12.1 Å². The van der Waals surface area contributed by atoms with Gasteiger partial charge in [-0.15, -0.1) is 11.3 Å². The summed E-state index contributed by atoms with van der Waals surface area (Å²) in [5.41, 5.74) is 2.68. The molecule has 238 valence electrons. The number of aryl methyl sites for hydroxylation is 1. The normalized spacial score (nSPS) is 14.2. The SMILES string of the molecule is Cc1nc2cnc(C3CCN(CC(F)(F)F)CC3)c(C#N)c2c(=O)n1CC#Cc1ccc(Cl)cc1-c1ccnc2c(C(=O)O)csc12. The lowest BCUT2D eigenvalue weighted by molar-refractivity contribution is -0.148. The van der Waals surface area contributed by atoms with Crippen LogP contribution in [0.4, 0.5) is 13.2 Å². The number of rotatable bonds is 5. The number of piperidine rings is 1. The highest BCUT2D eigenvalue weighted by Crippen LogP contribution is 2.37. The van der Waals surface area contributed by atoms with Crippen LogP contribution in [0, 0.1) is 30.1 Å². The van der Waals surface area contributed by atoms with Gasteiger partial charge in [-0.3, -0.25) is 24.2 Å². The lowest BCUT2D eigenvalue weighted by Gasteiger charge is -2.32. The van der Waals surface area contributed by atoms with Crippen LogP contribution in [0.3, 0.4) is 0 Å². The molecule has 0 saturated carbocycles. The maximum Gasteiger partial charge on any atom is 0.401 e. The fourth-order valence-corrected chi connectivity index (χ4v) is 7.12. The van der Waals surface area contributed by atoms with Crippen molar-refractivity contribution in [2.45, 2.75) is 38.4 Å². The number of thiophene rings is 1. The number of halogens is 4. The molecule has 5 aromatic rings. The molecule has 1 fully saturated rings. The topological polar surface area (TPSA) is 125 Å². The highest BCUT2D eigenvalue weighted by molar-refractivity contribution is 7.18. The number of aromatic carboxylic acids is 1. The summed E-state index contributed by atoms with van der Waals surface area (Å²) in [6.45, 7) is 1.01. The average Bonchev–Trinajstić information content (AvgIpc) is 3.47. The van der Waals surface area contributed by atoms with E-state index in [1.54, 1.807) is 31.2 Å². The van der Waals surface area contributed by atoms with Crippen LogP contribution in [-0.4, -0.2) is 61.3 Å². The molecule has 9 nitrogen and oxygen atoms in total. The van der Waals surface area contributed by atoms with Crippen molar-refractivity contribution in [3.63, 3.8) is 0 Å². The summed E-state index contributed by atoms with van der Waals surface area (Å²) in [5.74, 6) is 5.15. The fourth-order valence-electron chi connectivity index (χ4n) is 5.92. The van der Waals surface area contributed by atoms with E-state index in [2.05, 4.69) is 32.9 Å². The lowest BCUT2D eigenvalue weighted by atomic mass is 9.89. The van der Waals surface area contributed by atoms with Crippen molar-refractivity contribution in [2.24, 2.45) is 0 Å². The van der Waals surface area contributed by atoms with Crippen molar-refractivity contribution >= 4 is 50.0 Å². The number of nitriles is 1. The molecule has 0 radical (unpaired) electrons. The van der Waals surface area contributed by atoms with Gasteiger partial charge in [-0.1, -0.05) is 23.4 Å². The Morgan fingerprint density at radius 2 is 1.96 bits per heavy atom. The quantitative estimate of drug-likeness (QED) is 0.212. The van der Waals surface area contributed by atoms with Gasteiger partial charge in [0, 0.05) is 39.2 Å². The van der Waals surface area contributed by atoms with E-state index >= 15 is 0 Å². The number of nitrogens with zero attached hydrogens (tertiary/aromatic N) is 6. The molecule has 1 aliphatic rings. The molecule has 6 rings (SSSR count). The van der Waals surface area contributed by atoms with Crippen LogP contribution in [0.1, 0.15) is 51.8 Å². The first-order chi connectivity index (χ1) is 22.4. The Morgan fingerprint density at radius 3 is 2.66 bits per heavy atom. The smallest absolute Gasteiger partial charge is 0.401 e. The van der Waals surface area contributed by atoms with Crippen molar-refractivity contribution in [3.8, 4) is 29.0 Å². The number of likely N-dealkylation sites (tertiary alicyclic amines) is 1. The number of fused-ring (bicyclic) bond motifs is 2. The third-order valence-electron chi connectivity index (χ3n) is 8.13. The molecule has 0 spiro atoms. The maximum absolute atomic E-state index is 13.8. The third-order valence-corrected chi connectivity index (χ3v) is 9.36. The van der Waals surface area contributed by atoms with Gasteiger partial charge < -0.3 is 5.11 Å². The second-order valence-corrected chi connectivity index (χ2v) is 12.4. The maximum atomic E-state index is 13.8. The number of hydrogen-bond acceptors (Lipinski definition) is 8. The van der Waals surface area contributed by atoms with E-state index in [1.165, 1.54) is 38.6 Å². The highest BCUT2D eigenvalue weighted by atomic mass is 35.5. The van der Waals surface area contributed by atoms with Crippen LogP contribution >= 0.6 is 22.9 Å². The minimum atomic E-state index is -4.29. The van der Waals surface area contributed by atoms with Gasteiger partial charge in [0.05, 0.1) is 57.2 Å². The molecule has 0 bridgehead atoms.